The summed E-state index contributed by atoms with van der Waals surface area (Å²) in [5.74, 6) is 0. The van der Waals surface area contributed by atoms with Crippen LogP contribution in [0.15, 0.2) is 106 Å². The molecule has 50 heavy (non-hydrogen) atoms. The molecule has 2 aliphatic carbocycles. The van der Waals surface area contributed by atoms with E-state index in [1.807, 2.05) is 39.8 Å². The van der Waals surface area contributed by atoms with Crippen LogP contribution >= 0.6 is 12.0 Å². The highest BCUT2D eigenvalue weighted by atomic mass is 32.2. The lowest BCUT2D eigenvalue weighted by Crippen LogP contribution is -2.49. The van der Waals surface area contributed by atoms with E-state index in [4.69, 9.17) is 13.3 Å². The van der Waals surface area contributed by atoms with E-state index in [1.54, 1.807) is 35.2 Å². The highest BCUT2D eigenvalue weighted by Crippen LogP contribution is 2.64. The third-order valence-corrected chi connectivity index (χ3v) is 12.4. The van der Waals surface area contributed by atoms with Crippen LogP contribution in [-0.4, -0.2) is 40.1 Å². The number of rotatable bonds is 8. The highest BCUT2D eigenvalue weighted by molar-refractivity contribution is 7.94. The standard InChI is InChI=1S/C43H42BO5S/c1-39(2,45)41(5,6)48-44-25-17-19-27-28-20-18-26(50-49-42(7,8)40(3,4)46)24-35(28)43(34(27)23-25)32-15-11-9-14-31(32)37-33(43)22-21-30-29-13-10-12-16-36(29)47-38(30)37/h9-24,45-46H,1-8H3. The zero-order valence-electron chi connectivity index (χ0n) is 29.8. The van der Waals surface area contributed by atoms with Crippen LogP contribution in [0.4, 0.5) is 0 Å². The van der Waals surface area contributed by atoms with Gasteiger partial charge in [0.05, 0.1) is 22.2 Å². The van der Waals surface area contributed by atoms with Crippen LogP contribution in [0.2, 0.25) is 0 Å². The summed E-state index contributed by atoms with van der Waals surface area (Å²) in [7, 11) is 1.77. The van der Waals surface area contributed by atoms with Crippen molar-refractivity contribution < 1.29 is 23.5 Å². The van der Waals surface area contributed by atoms with E-state index >= 15 is 0 Å². The van der Waals surface area contributed by atoms with Gasteiger partial charge in [-0.15, -0.1) is 0 Å². The van der Waals surface area contributed by atoms with Crippen molar-refractivity contribution in [3.8, 4) is 22.3 Å². The molecule has 7 heteroatoms. The molecule has 1 aromatic heterocycles. The quantitative estimate of drug-likeness (QED) is 0.123. The fourth-order valence-corrected chi connectivity index (χ4v) is 7.98. The summed E-state index contributed by atoms with van der Waals surface area (Å²) in [6, 6.07) is 34.5. The van der Waals surface area contributed by atoms with Gasteiger partial charge in [-0.05, 0) is 113 Å². The Morgan fingerprint density at radius 3 is 2.02 bits per heavy atom. The molecule has 0 saturated heterocycles. The second-order valence-electron chi connectivity index (χ2n) is 15.8. The highest BCUT2D eigenvalue weighted by Gasteiger charge is 2.53. The largest absolute Gasteiger partial charge is 0.455 e. The minimum atomic E-state index is -1.05. The number of hydrogen-bond acceptors (Lipinski definition) is 6. The number of para-hydroxylation sites is 1. The summed E-state index contributed by atoms with van der Waals surface area (Å²) in [5, 5.41) is 23.8. The lowest BCUT2D eigenvalue weighted by atomic mass is 9.69. The monoisotopic (exact) mass is 681 g/mol. The number of aliphatic hydroxyl groups is 2. The summed E-state index contributed by atoms with van der Waals surface area (Å²) in [4.78, 5) is 0.950. The Hall–Kier alpha value is -3.85. The number of hydrogen-bond donors (Lipinski definition) is 2. The molecule has 2 N–H and O–H groups in total. The molecule has 1 spiro atoms. The third kappa shape index (κ3) is 4.78. The lowest BCUT2D eigenvalue weighted by molar-refractivity contribution is -0.0893. The molecule has 0 fully saturated rings. The Kier molecular flexibility index (Phi) is 7.38. The first-order valence-electron chi connectivity index (χ1n) is 17.2. The van der Waals surface area contributed by atoms with E-state index in [-0.39, 0.29) is 0 Å². The van der Waals surface area contributed by atoms with Crippen LogP contribution in [0.5, 0.6) is 0 Å². The fraction of sp³-hybridized carbons (Fsp3) is 0.302. The van der Waals surface area contributed by atoms with Crippen molar-refractivity contribution in [2.24, 2.45) is 0 Å². The van der Waals surface area contributed by atoms with Crippen LogP contribution in [-0.2, 0) is 14.3 Å². The summed E-state index contributed by atoms with van der Waals surface area (Å²) in [6.45, 7) is 14.7. The number of fused-ring (bicyclic) bond motifs is 14. The molecule has 1 unspecified atom stereocenters. The molecule has 0 bridgehead atoms. The maximum Gasteiger partial charge on any atom is 0.330 e. The Labute approximate surface area is 299 Å². The predicted molar refractivity (Wildman–Crippen MR) is 204 cm³/mol. The van der Waals surface area contributed by atoms with Crippen molar-refractivity contribution in [2.75, 3.05) is 0 Å². The van der Waals surface area contributed by atoms with Gasteiger partial charge in [0.1, 0.15) is 16.8 Å². The van der Waals surface area contributed by atoms with Gasteiger partial charge in [0.25, 0.3) is 0 Å². The molecular formula is C43H42BO5S. The van der Waals surface area contributed by atoms with Crippen LogP contribution in [0.25, 0.3) is 44.2 Å². The van der Waals surface area contributed by atoms with Crippen molar-refractivity contribution in [1.29, 1.82) is 0 Å². The minimum Gasteiger partial charge on any atom is -0.455 e. The van der Waals surface area contributed by atoms with Crippen LogP contribution < -0.4 is 5.46 Å². The summed E-state index contributed by atoms with van der Waals surface area (Å²) < 4.78 is 19.3. The molecule has 2 aliphatic rings. The zero-order chi connectivity index (χ0) is 35.4. The van der Waals surface area contributed by atoms with Gasteiger partial charge in [-0.3, -0.25) is 0 Å². The first kappa shape index (κ1) is 33.3. The smallest absolute Gasteiger partial charge is 0.330 e. The molecule has 253 valence electrons. The molecule has 8 rings (SSSR count). The van der Waals surface area contributed by atoms with Gasteiger partial charge in [0.15, 0.2) is 0 Å². The van der Waals surface area contributed by atoms with E-state index < -0.39 is 27.8 Å². The van der Waals surface area contributed by atoms with Gasteiger partial charge in [0.2, 0.25) is 0 Å². The summed E-state index contributed by atoms with van der Waals surface area (Å²) in [5.41, 5.74) is 7.59. The van der Waals surface area contributed by atoms with Gasteiger partial charge < -0.3 is 23.5 Å². The van der Waals surface area contributed by atoms with Gasteiger partial charge in [-0.2, -0.15) is 0 Å². The van der Waals surface area contributed by atoms with Crippen molar-refractivity contribution in [3.05, 3.63) is 119 Å². The molecule has 1 atom stereocenters. The van der Waals surface area contributed by atoms with Crippen LogP contribution in [0.1, 0.15) is 77.6 Å². The number of benzene rings is 5. The molecule has 1 radical (unpaired) electrons. The van der Waals surface area contributed by atoms with Gasteiger partial charge in [-0.25, -0.2) is 0 Å². The Balaban J connectivity index is 1.37. The number of furan rings is 1. The molecule has 0 saturated carbocycles. The molecule has 0 aliphatic heterocycles. The Bertz CT molecular complexity index is 2240. The first-order chi connectivity index (χ1) is 23.5. The minimum absolute atomic E-state index is 0.651. The van der Waals surface area contributed by atoms with E-state index in [1.165, 1.54) is 28.7 Å². The van der Waals surface area contributed by atoms with Crippen molar-refractivity contribution in [1.82, 2.24) is 0 Å². The van der Waals surface area contributed by atoms with E-state index in [9.17, 15) is 10.2 Å². The van der Waals surface area contributed by atoms with Gasteiger partial charge in [0, 0.05) is 33.3 Å². The SMILES string of the molecule is CC(C)(O)C(C)(C)O[B]c1ccc2c(c1)C1(c3cc(SOC(C)(C)C(C)(C)O)ccc3-2)c2ccccc2-c2c1ccc1c2oc2ccccc21. The fourth-order valence-electron chi connectivity index (χ4n) is 7.18. The molecule has 6 aromatic rings. The van der Waals surface area contributed by atoms with Crippen molar-refractivity contribution in [2.45, 2.75) is 88.1 Å². The molecule has 5 aromatic carbocycles. The van der Waals surface area contributed by atoms with Crippen LogP contribution in [0, 0.1) is 0 Å². The second kappa shape index (κ2) is 11.1. The van der Waals surface area contributed by atoms with Gasteiger partial charge in [-0.1, -0.05) is 84.3 Å². The summed E-state index contributed by atoms with van der Waals surface area (Å²) >= 11 is 1.30. The lowest BCUT2D eigenvalue weighted by Gasteiger charge is -2.37. The third-order valence-electron chi connectivity index (χ3n) is 11.5. The normalized spacial score (nSPS) is 16.9. The second-order valence-corrected chi connectivity index (χ2v) is 16.6. The summed E-state index contributed by atoms with van der Waals surface area (Å²) in [6.07, 6.45) is 0. The Morgan fingerprint density at radius 1 is 0.620 bits per heavy atom. The molecule has 5 nitrogen and oxygen atoms in total. The Morgan fingerprint density at radius 2 is 1.28 bits per heavy atom. The zero-order valence-corrected chi connectivity index (χ0v) is 30.7. The van der Waals surface area contributed by atoms with Gasteiger partial charge >= 0.3 is 7.48 Å². The topological polar surface area (TPSA) is 72.1 Å². The molecular weight excluding hydrogens is 639 g/mol. The van der Waals surface area contributed by atoms with Crippen molar-refractivity contribution in [3.63, 3.8) is 0 Å². The average Bonchev–Trinajstić information content (AvgIpc) is 3.69. The molecule has 0 amide bonds. The average molecular weight is 682 g/mol. The molecule has 1 heterocycles. The van der Waals surface area contributed by atoms with E-state index in [0.717, 1.165) is 60.1 Å². The van der Waals surface area contributed by atoms with E-state index in [2.05, 4.69) is 84.9 Å². The van der Waals surface area contributed by atoms with E-state index in [0.29, 0.717) is 0 Å². The van der Waals surface area contributed by atoms with Crippen molar-refractivity contribution >= 4 is 46.9 Å². The first-order valence-corrected chi connectivity index (χ1v) is 17.9. The van der Waals surface area contributed by atoms with Crippen LogP contribution in [0.3, 0.4) is 0 Å². The predicted octanol–water partition coefficient (Wildman–Crippen LogP) is 9.31. The maximum absolute atomic E-state index is 10.8. The maximum atomic E-state index is 10.8.